The van der Waals surface area contributed by atoms with E-state index in [1.165, 1.54) is 5.56 Å². The summed E-state index contributed by atoms with van der Waals surface area (Å²) >= 11 is 0. The molecule has 98 valence electrons. The van der Waals surface area contributed by atoms with Crippen molar-refractivity contribution < 1.29 is 9.47 Å². The van der Waals surface area contributed by atoms with Crippen LogP contribution < -0.4 is 14.4 Å². The van der Waals surface area contributed by atoms with Gasteiger partial charge in [0, 0.05) is 25.0 Å². The molecule has 0 unspecified atom stereocenters. The zero-order valence-electron chi connectivity index (χ0n) is 10.9. The Kier molecular flexibility index (Phi) is 3.23. The van der Waals surface area contributed by atoms with E-state index in [9.17, 15) is 0 Å². The predicted octanol–water partition coefficient (Wildman–Crippen LogP) is 2.49. The van der Waals surface area contributed by atoms with Gasteiger partial charge in [-0.2, -0.15) is 0 Å². The molecule has 19 heavy (non-hydrogen) atoms. The number of anilines is 1. The van der Waals surface area contributed by atoms with E-state index in [2.05, 4.69) is 16.0 Å². The van der Waals surface area contributed by atoms with Crippen LogP contribution in [-0.2, 0) is 6.54 Å². The summed E-state index contributed by atoms with van der Waals surface area (Å²) in [5.74, 6) is 1.76. The number of aromatic nitrogens is 1. The minimum absolute atomic E-state index is 0.708. The lowest BCUT2D eigenvalue weighted by Gasteiger charge is -2.31. The molecule has 0 N–H and O–H groups in total. The molecular weight excluding hydrogens is 240 g/mol. The lowest BCUT2D eigenvalue weighted by atomic mass is 10.2. The summed E-state index contributed by atoms with van der Waals surface area (Å²) in [4.78, 5) is 6.45. The normalized spacial score (nSPS) is 13.6. The summed E-state index contributed by atoms with van der Waals surface area (Å²) in [5.41, 5.74) is 2.27. The Morgan fingerprint density at radius 1 is 1.37 bits per heavy atom. The molecule has 0 radical (unpaired) electrons. The highest BCUT2D eigenvalue weighted by Gasteiger charge is 2.18. The maximum atomic E-state index is 5.68. The molecule has 0 amide bonds. The molecule has 0 spiro atoms. The number of pyridine rings is 1. The number of methoxy groups -OCH3 is 1. The third-order valence-electron chi connectivity index (χ3n) is 3.22. The van der Waals surface area contributed by atoms with Gasteiger partial charge in [-0.1, -0.05) is 6.07 Å². The van der Waals surface area contributed by atoms with Gasteiger partial charge in [0.2, 0.25) is 0 Å². The summed E-state index contributed by atoms with van der Waals surface area (Å²) in [6.07, 6.45) is 3.69. The number of hydrogen-bond acceptors (Lipinski definition) is 4. The van der Waals surface area contributed by atoms with Crippen molar-refractivity contribution in [3.8, 4) is 11.5 Å². The molecule has 2 heterocycles. The molecule has 3 rings (SSSR count). The quantitative estimate of drug-likeness (QED) is 0.845. The Hall–Kier alpha value is -2.23. The largest absolute Gasteiger partial charge is 0.497 e. The molecule has 1 aromatic heterocycles. The van der Waals surface area contributed by atoms with Crippen LogP contribution in [0.25, 0.3) is 0 Å². The molecule has 0 fully saturated rings. The lowest BCUT2D eigenvalue weighted by molar-refractivity contribution is 0.305. The van der Waals surface area contributed by atoms with Gasteiger partial charge in [0.05, 0.1) is 19.3 Å². The Labute approximate surface area is 112 Å². The van der Waals surface area contributed by atoms with E-state index in [-0.39, 0.29) is 0 Å². The Balaban J connectivity index is 1.89. The van der Waals surface area contributed by atoms with Crippen molar-refractivity contribution in [2.75, 3.05) is 25.2 Å². The zero-order chi connectivity index (χ0) is 13.1. The van der Waals surface area contributed by atoms with Crippen molar-refractivity contribution in [3.05, 3.63) is 48.3 Å². The van der Waals surface area contributed by atoms with E-state index in [1.54, 1.807) is 13.3 Å². The molecule has 4 heteroatoms. The SMILES string of the molecule is COc1ccc2c(c1)N(Cc1cccnc1)CCO2. The first-order chi connectivity index (χ1) is 9.36. The number of rotatable bonds is 3. The minimum atomic E-state index is 0.708. The van der Waals surface area contributed by atoms with Crippen molar-refractivity contribution in [2.24, 2.45) is 0 Å². The second kappa shape index (κ2) is 5.18. The Morgan fingerprint density at radius 3 is 3.11 bits per heavy atom. The predicted molar refractivity (Wildman–Crippen MR) is 73.8 cm³/mol. The van der Waals surface area contributed by atoms with Crippen LogP contribution >= 0.6 is 0 Å². The van der Waals surface area contributed by atoms with Crippen LogP contribution in [-0.4, -0.2) is 25.2 Å². The van der Waals surface area contributed by atoms with Crippen molar-refractivity contribution in [3.63, 3.8) is 0 Å². The van der Waals surface area contributed by atoms with Gasteiger partial charge in [-0.25, -0.2) is 0 Å². The maximum absolute atomic E-state index is 5.68. The first kappa shape index (κ1) is 11.8. The van der Waals surface area contributed by atoms with Gasteiger partial charge in [-0.3, -0.25) is 4.98 Å². The monoisotopic (exact) mass is 256 g/mol. The molecule has 1 aliphatic heterocycles. The summed E-state index contributed by atoms with van der Waals surface area (Å²) in [6.45, 7) is 2.41. The highest BCUT2D eigenvalue weighted by molar-refractivity contribution is 5.63. The molecule has 0 aliphatic carbocycles. The Bertz CT molecular complexity index is 557. The second-order valence-corrected chi connectivity index (χ2v) is 4.46. The highest BCUT2D eigenvalue weighted by Crippen LogP contribution is 2.35. The molecular formula is C15H16N2O2. The zero-order valence-corrected chi connectivity index (χ0v) is 10.9. The van der Waals surface area contributed by atoms with Crippen molar-refractivity contribution in [2.45, 2.75) is 6.54 Å². The molecule has 4 nitrogen and oxygen atoms in total. The van der Waals surface area contributed by atoms with E-state index in [0.717, 1.165) is 30.3 Å². The van der Waals surface area contributed by atoms with Gasteiger partial charge in [-0.15, -0.1) is 0 Å². The second-order valence-electron chi connectivity index (χ2n) is 4.46. The van der Waals surface area contributed by atoms with Crippen LogP contribution in [0.4, 0.5) is 5.69 Å². The number of ether oxygens (including phenoxy) is 2. The van der Waals surface area contributed by atoms with Crippen LogP contribution in [0.3, 0.4) is 0 Å². The summed E-state index contributed by atoms with van der Waals surface area (Å²) in [6, 6.07) is 9.95. The summed E-state index contributed by atoms with van der Waals surface area (Å²) in [5, 5.41) is 0. The van der Waals surface area contributed by atoms with Crippen molar-refractivity contribution in [1.82, 2.24) is 4.98 Å². The topological polar surface area (TPSA) is 34.6 Å². The fourth-order valence-corrected chi connectivity index (χ4v) is 2.26. The third-order valence-corrected chi connectivity index (χ3v) is 3.22. The molecule has 0 saturated carbocycles. The number of hydrogen-bond donors (Lipinski definition) is 0. The third kappa shape index (κ3) is 2.47. The van der Waals surface area contributed by atoms with E-state index in [4.69, 9.17) is 9.47 Å². The van der Waals surface area contributed by atoms with Crippen LogP contribution in [0, 0.1) is 0 Å². The highest BCUT2D eigenvalue weighted by atomic mass is 16.5. The van der Waals surface area contributed by atoms with Crippen molar-refractivity contribution >= 4 is 5.69 Å². The Morgan fingerprint density at radius 2 is 2.32 bits per heavy atom. The average Bonchev–Trinajstić information content (AvgIpc) is 2.48. The first-order valence-corrected chi connectivity index (χ1v) is 6.31. The van der Waals surface area contributed by atoms with Gasteiger partial charge in [0.25, 0.3) is 0 Å². The van der Waals surface area contributed by atoms with Gasteiger partial charge in [0.15, 0.2) is 0 Å². The van der Waals surface area contributed by atoms with Crippen molar-refractivity contribution in [1.29, 1.82) is 0 Å². The number of benzene rings is 1. The smallest absolute Gasteiger partial charge is 0.142 e. The maximum Gasteiger partial charge on any atom is 0.142 e. The molecule has 2 aromatic rings. The molecule has 1 aliphatic rings. The minimum Gasteiger partial charge on any atom is -0.497 e. The summed E-state index contributed by atoms with van der Waals surface area (Å²) in [7, 11) is 1.68. The lowest BCUT2D eigenvalue weighted by Crippen LogP contribution is -2.32. The number of fused-ring (bicyclic) bond motifs is 1. The van der Waals surface area contributed by atoms with E-state index < -0.39 is 0 Å². The van der Waals surface area contributed by atoms with Crippen LogP contribution in [0.15, 0.2) is 42.7 Å². The molecule has 0 atom stereocenters. The van der Waals surface area contributed by atoms with E-state index >= 15 is 0 Å². The van der Waals surface area contributed by atoms with Gasteiger partial charge < -0.3 is 14.4 Å². The van der Waals surface area contributed by atoms with Gasteiger partial charge >= 0.3 is 0 Å². The summed E-state index contributed by atoms with van der Waals surface area (Å²) < 4.78 is 11.0. The van der Waals surface area contributed by atoms with Crippen LogP contribution in [0.1, 0.15) is 5.56 Å². The first-order valence-electron chi connectivity index (χ1n) is 6.31. The standard InChI is InChI=1S/C15H16N2O2/c1-18-13-4-5-15-14(9-13)17(7-8-19-15)11-12-3-2-6-16-10-12/h2-6,9-10H,7-8,11H2,1H3. The van der Waals surface area contributed by atoms with E-state index in [0.29, 0.717) is 6.61 Å². The fourth-order valence-electron chi connectivity index (χ4n) is 2.26. The molecule has 0 bridgehead atoms. The average molecular weight is 256 g/mol. The molecule has 1 aromatic carbocycles. The van der Waals surface area contributed by atoms with E-state index in [1.807, 2.05) is 30.5 Å². The van der Waals surface area contributed by atoms with Gasteiger partial charge in [0.1, 0.15) is 18.1 Å². The molecule has 0 saturated heterocycles. The number of nitrogens with zero attached hydrogens (tertiary/aromatic N) is 2. The van der Waals surface area contributed by atoms with Gasteiger partial charge in [-0.05, 0) is 23.8 Å². The van der Waals surface area contributed by atoms with Crippen LogP contribution in [0.2, 0.25) is 0 Å². The van der Waals surface area contributed by atoms with Crippen LogP contribution in [0.5, 0.6) is 11.5 Å². The fraction of sp³-hybridized carbons (Fsp3) is 0.267.